The highest BCUT2D eigenvalue weighted by molar-refractivity contribution is 5.72. The van der Waals surface area contributed by atoms with Gasteiger partial charge >= 0.3 is 0 Å². The first-order valence-electron chi connectivity index (χ1n) is 5.66. The Kier molecular flexibility index (Phi) is 3.66. The van der Waals surface area contributed by atoms with Gasteiger partial charge in [-0.2, -0.15) is 4.98 Å². The Morgan fingerprint density at radius 1 is 1.44 bits per heavy atom. The van der Waals surface area contributed by atoms with Gasteiger partial charge in [0.2, 0.25) is 5.89 Å². The summed E-state index contributed by atoms with van der Waals surface area (Å²) in [6.07, 6.45) is 0.675. The first kappa shape index (κ1) is 12.2. The van der Waals surface area contributed by atoms with E-state index in [4.69, 9.17) is 15.0 Å². The Morgan fingerprint density at radius 3 is 2.94 bits per heavy atom. The Bertz CT molecular complexity index is 525. The Labute approximate surface area is 105 Å². The largest absolute Gasteiger partial charge is 0.495 e. The molecule has 0 spiro atoms. The van der Waals surface area contributed by atoms with Gasteiger partial charge in [-0.1, -0.05) is 11.2 Å². The molecule has 0 radical (unpaired) electrons. The van der Waals surface area contributed by atoms with E-state index in [-0.39, 0.29) is 0 Å². The molecule has 0 fully saturated rings. The number of hydrogen-bond donors (Lipinski definition) is 2. The molecule has 0 unspecified atom stereocenters. The highest BCUT2D eigenvalue weighted by Gasteiger charge is 2.05. The fraction of sp³-hybridized carbons (Fsp3) is 0.333. The number of aromatic nitrogens is 2. The van der Waals surface area contributed by atoms with E-state index in [1.165, 1.54) is 0 Å². The zero-order valence-electron chi connectivity index (χ0n) is 10.4. The average Bonchev–Trinajstić information content (AvgIpc) is 2.77. The van der Waals surface area contributed by atoms with Gasteiger partial charge in [0, 0.05) is 19.9 Å². The van der Waals surface area contributed by atoms with Crippen molar-refractivity contribution in [3.63, 3.8) is 0 Å². The number of nitrogens with two attached hydrogens (primary N) is 1. The predicted octanol–water partition coefficient (Wildman–Crippen LogP) is 1.62. The van der Waals surface area contributed by atoms with Crippen LogP contribution in [0.2, 0.25) is 0 Å². The lowest BCUT2D eigenvalue weighted by Gasteiger charge is -2.11. The number of nitrogens with zero attached hydrogens (tertiary/aromatic N) is 2. The van der Waals surface area contributed by atoms with Gasteiger partial charge in [-0.15, -0.1) is 0 Å². The zero-order valence-corrected chi connectivity index (χ0v) is 10.4. The number of rotatable bonds is 5. The van der Waals surface area contributed by atoms with Gasteiger partial charge in [0.25, 0.3) is 0 Å². The van der Waals surface area contributed by atoms with Gasteiger partial charge in [-0.05, 0) is 12.1 Å². The van der Waals surface area contributed by atoms with Crippen molar-refractivity contribution in [2.75, 3.05) is 24.7 Å². The fourth-order valence-corrected chi connectivity index (χ4v) is 1.63. The molecule has 3 N–H and O–H groups in total. The minimum atomic E-state index is 0.575. The van der Waals surface area contributed by atoms with Crippen LogP contribution in [0, 0.1) is 6.92 Å². The number of methoxy groups -OCH3 is 1. The van der Waals surface area contributed by atoms with E-state index < -0.39 is 0 Å². The van der Waals surface area contributed by atoms with E-state index in [0.717, 1.165) is 5.69 Å². The van der Waals surface area contributed by atoms with Crippen LogP contribution in [0.1, 0.15) is 11.7 Å². The van der Waals surface area contributed by atoms with E-state index in [0.29, 0.717) is 36.1 Å². The standard InChI is InChI=1S/C12H16N4O2/c1-8-15-11(16-18-8)6-7-14-9-4-3-5-10(17-2)12(9)13/h3-5,14H,6-7,13H2,1-2H3. The van der Waals surface area contributed by atoms with Crippen LogP contribution in [0.4, 0.5) is 11.4 Å². The van der Waals surface area contributed by atoms with Crippen molar-refractivity contribution in [3.8, 4) is 5.75 Å². The van der Waals surface area contributed by atoms with Crippen molar-refractivity contribution in [2.24, 2.45) is 0 Å². The molecule has 96 valence electrons. The molecule has 0 aliphatic carbocycles. The zero-order chi connectivity index (χ0) is 13.0. The summed E-state index contributed by atoms with van der Waals surface area (Å²) in [6.45, 7) is 2.44. The van der Waals surface area contributed by atoms with Crippen molar-refractivity contribution in [1.82, 2.24) is 10.1 Å². The van der Waals surface area contributed by atoms with E-state index >= 15 is 0 Å². The molecule has 2 rings (SSSR count). The van der Waals surface area contributed by atoms with Crippen molar-refractivity contribution in [1.29, 1.82) is 0 Å². The molecule has 1 aromatic carbocycles. The normalized spacial score (nSPS) is 10.3. The van der Waals surface area contributed by atoms with E-state index in [2.05, 4.69) is 15.5 Å². The number of para-hydroxylation sites is 1. The van der Waals surface area contributed by atoms with Gasteiger partial charge in [-0.25, -0.2) is 0 Å². The third kappa shape index (κ3) is 2.71. The number of ether oxygens (including phenoxy) is 1. The van der Waals surface area contributed by atoms with Crippen molar-refractivity contribution in [2.45, 2.75) is 13.3 Å². The maximum atomic E-state index is 5.94. The maximum Gasteiger partial charge on any atom is 0.223 e. The molecule has 18 heavy (non-hydrogen) atoms. The van der Waals surface area contributed by atoms with Crippen LogP contribution in [0.3, 0.4) is 0 Å². The van der Waals surface area contributed by atoms with Crippen molar-refractivity contribution in [3.05, 3.63) is 29.9 Å². The van der Waals surface area contributed by atoms with Crippen molar-refractivity contribution < 1.29 is 9.26 Å². The summed E-state index contributed by atoms with van der Waals surface area (Å²) in [7, 11) is 1.59. The molecular weight excluding hydrogens is 232 g/mol. The van der Waals surface area contributed by atoms with Gasteiger partial charge in [0.15, 0.2) is 5.82 Å². The van der Waals surface area contributed by atoms with Gasteiger partial charge in [0.1, 0.15) is 5.75 Å². The summed E-state index contributed by atoms with van der Waals surface area (Å²) in [6, 6.07) is 5.61. The van der Waals surface area contributed by atoms with Crippen LogP contribution in [-0.4, -0.2) is 23.8 Å². The molecule has 1 heterocycles. The molecule has 0 aliphatic rings. The SMILES string of the molecule is COc1cccc(NCCc2noc(C)n2)c1N. The Hall–Kier alpha value is -2.24. The van der Waals surface area contributed by atoms with E-state index in [9.17, 15) is 0 Å². The molecule has 0 saturated carbocycles. The van der Waals surface area contributed by atoms with Gasteiger partial charge in [-0.3, -0.25) is 0 Å². The third-order valence-electron chi connectivity index (χ3n) is 2.52. The fourth-order valence-electron chi connectivity index (χ4n) is 1.63. The van der Waals surface area contributed by atoms with Gasteiger partial charge in [0.05, 0.1) is 18.5 Å². The molecule has 6 heteroatoms. The first-order valence-corrected chi connectivity index (χ1v) is 5.66. The summed E-state index contributed by atoms with van der Waals surface area (Å²) in [5, 5.41) is 7.04. The van der Waals surface area contributed by atoms with Gasteiger partial charge < -0.3 is 20.3 Å². The summed E-state index contributed by atoms with van der Waals surface area (Å²) in [4.78, 5) is 4.12. The number of nitrogen functional groups attached to an aromatic ring is 1. The number of anilines is 2. The second-order valence-electron chi connectivity index (χ2n) is 3.83. The van der Waals surface area contributed by atoms with E-state index in [1.54, 1.807) is 14.0 Å². The molecular formula is C12H16N4O2. The van der Waals surface area contributed by atoms with E-state index in [1.807, 2.05) is 18.2 Å². The number of aryl methyl sites for hydroxylation is 1. The monoisotopic (exact) mass is 248 g/mol. The molecule has 0 atom stereocenters. The number of nitrogens with one attached hydrogen (secondary N) is 1. The summed E-state index contributed by atoms with van der Waals surface area (Å²) in [5.41, 5.74) is 7.38. The lowest BCUT2D eigenvalue weighted by atomic mass is 10.2. The average molecular weight is 248 g/mol. The number of hydrogen-bond acceptors (Lipinski definition) is 6. The van der Waals surface area contributed by atoms with Crippen LogP contribution < -0.4 is 15.8 Å². The minimum absolute atomic E-state index is 0.575. The second-order valence-corrected chi connectivity index (χ2v) is 3.83. The predicted molar refractivity (Wildman–Crippen MR) is 68.6 cm³/mol. The lowest BCUT2D eigenvalue weighted by molar-refractivity contribution is 0.387. The quantitative estimate of drug-likeness (QED) is 0.782. The summed E-state index contributed by atoms with van der Waals surface area (Å²) >= 11 is 0. The summed E-state index contributed by atoms with van der Waals surface area (Å²) in [5.74, 6) is 1.92. The van der Waals surface area contributed by atoms with Crippen LogP contribution >= 0.6 is 0 Å². The van der Waals surface area contributed by atoms with Crippen LogP contribution in [0.5, 0.6) is 5.75 Å². The second kappa shape index (κ2) is 5.39. The molecule has 0 saturated heterocycles. The highest BCUT2D eigenvalue weighted by atomic mass is 16.5. The summed E-state index contributed by atoms with van der Waals surface area (Å²) < 4.78 is 10.0. The molecule has 6 nitrogen and oxygen atoms in total. The molecule has 0 amide bonds. The lowest BCUT2D eigenvalue weighted by Crippen LogP contribution is -2.08. The van der Waals surface area contributed by atoms with Crippen LogP contribution in [0.25, 0.3) is 0 Å². The van der Waals surface area contributed by atoms with Crippen molar-refractivity contribution >= 4 is 11.4 Å². The topological polar surface area (TPSA) is 86.2 Å². The highest BCUT2D eigenvalue weighted by Crippen LogP contribution is 2.28. The first-order chi connectivity index (χ1) is 8.70. The molecule has 1 aromatic heterocycles. The van der Waals surface area contributed by atoms with Crippen LogP contribution in [0.15, 0.2) is 22.7 Å². The third-order valence-corrected chi connectivity index (χ3v) is 2.52. The Balaban J connectivity index is 1.94. The number of benzene rings is 1. The smallest absolute Gasteiger partial charge is 0.223 e. The molecule has 0 bridgehead atoms. The maximum absolute atomic E-state index is 5.94. The Morgan fingerprint density at radius 2 is 2.28 bits per heavy atom. The van der Waals surface area contributed by atoms with Crippen LogP contribution in [-0.2, 0) is 6.42 Å². The minimum Gasteiger partial charge on any atom is -0.495 e. The molecule has 2 aromatic rings. The molecule has 0 aliphatic heterocycles.